The maximum Gasteiger partial charge on any atom is 0.407 e. The van der Waals surface area contributed by atoms with Crippen molar-refractivity contribution < 1.29 is 19.1 Å². The second-order valence-electron chi connectivity index (χ2n) is 10.1. The third kappa shape index (κ3) is 8.05. The number of nitrogens with one attached hydrogen (secondary N) is 1. The number of likely N-dealkylation sites (tertiary alicyclic amines) is 1. The smallest absolute Gasteiger partial charge is 0.407 e. The van der Waals surface area contributed by atoms with Gasteiger partial charge in [0.25, 0.3) is 0 Å². The topological polar surface area (TPSA) is 71.1 Å². The van der Waals surface area contributed by atoms with Crippen molar-refractivity contribution in [3.8, 4) is 0 Å². The van der Waals surface area contributed by atoms with Crippen molar-refractivity contribution in [2.45, 2.75) is 57.6 Å². The molecule has 1 aromatic heterocycles. The largest absolute Gasteiger partial charge is 0.444 e. The summed E-state index contributed by atoms with van der Waals surface area (Å²) in [5.74, 6) is -0.0312. The van der Waals surface area contributed by atoms with E-state index >= 15 is 0 Å². The van der Waals surface area contributed by atoms with Gasteiger partial charge in [-0.2, -0.15) is 0 Å². The predicted octanol–water partition coefficient (Wildman–Crippen LogP) is 4.72. The first-order valence-corrected chi connectivity index (χ1v) is 13.2. The quantitative estimate of drug-likeness (QED) is 0.510. The maximum atomic E-state index is 13.6. The Kier molecular flexibility index (Phi) is 9.71. The van der Waals surface area contributed by atoms with E-state index in [1.165, 1.54) is 4.88 Å². The van der Waals surface area contributed by atoms with Gasteiger partial charge in [0.15, 0.2) is 0 Å². The third-order valence-corrected chi connectivity index (χ3v) is 7.14. The highest BCUT2D eigenvalue weighted by atomic mass is 32.1. The summed E-state index contributed by atoms with van der Waals surface area (Å²) in [6.45, 7) is 8.95. The Hall–Kier alpha value is -2.42. The molecule has 0 radical (unpaired) electrons. The summed E-state index contributed by atoms with van der Waals surface area (Å²) in [6, 6.07) is 14.1. The van der Waals surface area contributed by atoms with Crippen molar-refractivity contribution >= 4 is 29.0 Å². The number of hydrogen-bond acceptors (Lipinski definition) is 6. The first-order chi connectivity index (χ1) is 16.7. The van der Waals surface area contributed by atoms with Gasteiger partial charge in [0.1, 0.15) is 5.60 Å². The fourth-order valence-corrected chi connectivity index (χ4v) is 5.27. The van der Waals surface area contributed by atoms with Gasteiger partial charge >= 0.3 is 6.09 Å². The summed E-state index contributed by atoms with van der Waals surface area (Å²) >= 11 is 1.80. The van der Waals surface area contributed by atoms with Crippen LogP contribution < -0.4 is 10.2 Å². The number of para-hydroxylation sites is 1. The van der Waals surface area contributed by atoms with Gasteiger partial charge in [0.05, 0.1) is 12.1 Å². The summed E-state index contributed by atoms with van der Waals surface area (Å²) in [6.07, 6.45) is 2.37. The number of piperidine rings is 1. The lowest BCUT2D eigenvalue weighted by atomic mass is 9.85. The number of thiophene rings is 1. The Labute approximate surface area is 213 Å². The minimum atomic E-state index is -0.579. The Morgan fingerprint density at radius 2 is 1.83 bits per heavy atom. The predicted molar refractivity (Wildman–Crippen MR) is 141 cm³/mol. The van der Waals surface area contributed by atoms with Crippen molar-refractivity contribution in [1.29, 1.82) is 0 Å². The van der Waals surface area contributed by atoms with Crippen LogP contribution in [0.3, 0.4) is 0 Å². The molecule has 7 nitrogen and oxygen atoms in total. The lowest BCUT2D eigenvalue weighted by Crippen LogP contribution is -2.60. The molecule has 192 valence electrons. The molecule has 35 heavy (non-hydrogen) atoms. The van der Waals surface area contributed by atoms with E-state index in [2.05, 4.69) is 27.7 Å². The third-order valence-electron chi connectivity index (χ3n) is 6.20. The van der Waals surface area contributed by atoms with Crippen LogP contribution in [0.25, 0.3) is 0 Å². The average molecular weight is 502 g/mol. The molecule has 1 aliphatic rings. The number of anilines is 1. The van der Waals surface area contributed by atoms with Crippen molar-refractivity contribution in [1.82, 2.24) is 10.2 Å². The Bertz CT molecular complexity index is 920. The molecular formula is C27H39N3O4S. The highest BCUT2D eigenvalue weighted by Crippen LogP contribution is 2.34. The molecule has 1 N–H and O–H groups in total. The van der Waals surface area contributed by atoms with Crippen molar-refractivity contribution in [3.63, 3.8) is 0 Å². The summed E-state index contributed by atoms with van der Waals surface area (Å²) in [5.41, 5.74) is -0.151. The number of hydrogen-bond donors (Lipinski definition) is 1. The Morgan fingerprint density at radius 1 is 1.11 bits per heavy atom. The van der Waals surface area contributed by atoms with E-state index in [0.717, 1.165) is 44.6 Å². The monoisotopic (exact) mass is 501 g/mol. The molecule has 0 atom stereocenters. The summed E-state index contributed by atoms with van der Waals surface area (Å²) in [4.78, 5) is 31.5. The molecule has 8 heteroatoms. The minimum absolute atomic E-state index is 0.0312. The highest BCUT2D eigenvalue weighted by molar-refractivity contribution is 7.09. The lowest BCUT2D eigenvalue weighted by molar-refractivity contribution is -0.120. The first kappa shape index (κ1) is 27.2. The number of carbonyl (C=O) groups is 2. The van der Waals surface area contributed by atoms with E-state index in [1.54, 1.807) is 18.4 Å². The number of nitrogens with zero attached hydrogens (tertiary/aromatic N) is 2. The molecule has 2 aromatic rings. The van der Waals surface area contributed by atoms with Crippen LogP contribution in [0, 0.1) is 0 Å². The minimum Gasteiger partial charge on any atom is -0.444 e. The van der Waals surface area contributed by atoms with Crippen molar-refractivity contribution in [2.75, 3.05) is 44.8 Å². The van der Waals surface area contributed by atoms with Gasteiger partial charge in [-0.05, 0) is 63.6 Å². The van der Waals surface area contributed by atoms with Gasteiger partial charge in [0.2, 0.25) is 5.91 Å². The van der Waals surface area contributed by atoms with Crippen LogP contribution in [0.1, 0.15) is 44.9 Å². The summed E-state index contributed by atoms with van der Waals surface area (Å²) in [5, 5.41) is 4.84. The number of ether oxygens (including phenoxy) is 2. The number of methoxy groups -OCH3 is 1. The zero-order valence-electron chi connectivity index (χ0n) is 21.4. The van der Waals surface area contributed by atoms with Crippen molar-refractivity contribution in [3.05, 3.63) is 52.7 Å². The molecular weight excluding hydrogens is 462 g/mol. The van der Waals surface area contributed by atoms with E-state index in [1.807, 2.05) is 56.0 Å². The van der Waals surface area contributed by atoms with Crippen molar-refractivity contribution in [2.24, 2.45) is 0 Å². The molecule has 0 saturated carbocycles. The van der Waals surface area contributed by atoms with Gasteiger partial charge < -0.3 is 24.6 Å². The van der Waals surface area contributed by atoms with E-state index < -0.39 is 17.2 Å². The SMILES string of the molecule is COCC1(N(C(=O)CCNC(=O)OC(C)(C)C)c2ccccc2)CCN(CCc2cccs2)CC1. The van der Waals surface area contributed by atoms with E-state index in [-0.39, 0.29) is 18.9 Å². The molecule has 1 aliphatic heterocycles. The molecule has 2 heterocycles. The number of alkyl carbamates (subject to hydrolysis) is 1. The van der Waals surface area contributed by atoms with Crippen LogP contribution >= 0.6 is 11.3 Å². The van der Waals surface area contributed by atoms with E-state index in [0.29, 0.717) is 6.61 Å². The summed E-state index contributed by atoms with van der Waals surface area (Å²) < 4.78 is 11.0. The molecule has 0 spiro atoms. The number of benzene rings is 1. The normalized spacial score (nSPS) is 16.0. The van der Waals surface area contributed by atoms with Crippen LogP contribution in [0.4, 0.5) is 10.5 Å². The molecule has 0 bridgehead atoms. The fraction of sp³-hybridized carbons (Fsp3) is 0.556. The van der Waals surface area contributed by atoms with Crippen LogP contribution in [0.2, 0.25) is 0 Å². The highest BCUT2D eigenvalue weighted by Gasteiger charge is 2.43. The molecule has 0 aliphatic carbocycles. The average Bonchev–Trinajstić information content (AvgIpc) is 3.32. The zero-order valence-corrected chi connectivity index (χ0v) is 22.2. The van der Waals surface area contributed by atoms with E-state index in [9.17, 15) is 9.59 Å². The van der Waals surface area contributed by atoms with Crippen LogP contribution in [-0.2, 0) is 20.7 Å². The molecule has 3 rings (SSSR count). The van der Waals surface area contributed by atoms with Gasteiger partial charge in [-0.3, -0.25) is 4.79 Å². The van der Waals surface area contributed by atoms with Crippen LogP contribution in [0.5, 0.6) is 0 Å². The maximum absolute atomic E-state index is 13.6. The number of rotatable bonds is 10. The van der Waals surface area contributed by atoms with Gasteiger partial charge in [-0.25, -0.2) is 4.79 Å². The second kappa shape index (κ2) is 12.5. The number of carbonyl (C=O) groups excluding carboxylic acids is 2. The van der Waals surface area contributed by atoms with E-state index in [4.69, 9.17) is 9.47 Å². The molecule has 2 amide bonds. The van der Waals surface area contributed by atoms with Crippen LogP contribution in [0.15, 0.2) is 47.8 Å². The molecule has 0 unspecified atom stereocenters. The summed E-state index contributed by atoms with van der Waals surface area (Å²) in [7, 11) is 1.70. The van der Waals surface area contributed by atoms with Gasteiger partial charge in [-0.15, -0.1) is 11.3 Å². The van der Waals surface area contributed by atoms with Gasteiger partial charge in [0, 0.05) is 50.3 Å². The zero-order chi connectivity index (χ0) is 25.3. The second-order valence-corrected chi connectivity index (χ2v) is 11.1. The standard InChI is InChI=1S/C27H39N3O4S/c1-26(2,3)34-25(32)28-16-12-24(31)30(22-9-6-5-7-10-22)27(21-33-4)14-18-29(19-15-27)17-13-23-11-8-20-35-23/h5-11,20H,12-19,21H2,1-4H3,(H,28,32). The van der Waals surface area contributed by atoms with Crippen LogP contribution in [-0.4, -0.2) is 67.9 Å². The number of amides is 2. The molecule has 1 fully saturated rings. The molecule has 1 saturated heterocycles. The Balaban J connectivity index is 1.69. The fourth-order valence-electron chi connectivity index (χ4n) is 4.57. The lowest BCUT2D eigenvalue weighted by Gasteiger charge is -2.48. The molecule has 1 aromatic carbocycles. The van der Waals surface area contributed by atoms with Gasteiger partial charge in [-0.1, -0.05) is 24.3 Å². The Morgan fingerprint density at radius 3 is 2.43 bits per heavy atom. The first-order valence-electron chi connectivity index (χ1n) is 12.3.